The number of halogens is 2. The first kappa shape index (κ1) is 19.7. The Morgan fingerprint density at radius 3 is 2.62 bits per heavy atom. The van der Waals surface area contributed by atoms with Crippen molar-refractivity contribution in [2.45, 2.75) is 4.90 Å². The number of rotatable bonds is 4. The number of benzene rings is 1. The molecule has 4 aromatic rings. The molecule has 1 aromatic carbocycles. The summed E-state index contributed by atoms with van der Waals surface area (Å²) >= 11 is 4.10. The average molecular weight is 495 g/mol. The standard InChI is InChI=1S/C19H12BrFN2O4S2/c1-27-19(24)17-15(21)14(20)16(28-17)12-7-9-22-18-13(12)8-10-23(18)29(25,26)11-5-3-2-4-6-11/h2-10H,1H3. The van der Waals surface area contributed by atoms with Gasteiger partial charge in [-0.3, -0.25) is 0 Å². The molecule has 0 saturated carbocycles. The molecule has 29 heavy (non-hydrogen) atoms. The van der Waals surface area contributed by atoms with Crippen molar-refractivity contribution in [3.05, 3.63) is 70.0 Å². The van der Waals surface area contributed by atoms with Crippen LogP contribution in [-0.4, -0.2) is 30.5 Å². The molecule has 148 valence electrons. The van der Waals surface area contributed by atoms with Gasteiger partial charge in [-0.2, -0.15) is 0 Å². The van der Waals surface area contributed by atoms with Crippen LogP contribution in [0.15, 0.2) is 64.2 Å². The van der Waals surface area contributed by atoms with Crippen molar-refractivity contribution in [1.29, 1.82) is 0 Å². The monoisotopic (exact) mass is 494 g/mol. The van der Waals surface area contributed by atoms with E-state index in [1.807, 2.05) is 0 Å². The lowest BCUT2D eigenvalue weighted by Gasteiger charge is -2.07. The first-order chi connectivity index (χ1) is 13.9. The Kier molecular flexibility index (Phi) is 5.01. The normalized spacial score (nSPS) is 11.7. The maximum Gasteiger partial charge on any atom is 0.351 e. The summed E-state index contributed by atoms with van der Waals surface area (Å²) in [6, 6.07) is 11.2. The van der Waals surface area contributed by atoms with E-state index in [0.717, 1.165) is 15.3 Å². The van der Waals surface area contributed by atoms with E-state index in [1.54, 1.807) is 30.3 Å². The molecule has 3 heterocycles. The number of aromatic nitrogens is 2. The van der Waals surface area contributed by atoms with E-state index >= 15 is 0 Å². The van der Waals surface area contributed by atoms with E-state index in [2.05, 4.69) is 25.7 Å². The molecule has 0 aliphatic rings. The van der Waals surface area contributed by atoms with E-state index in [9.17, 15) is 17.6 Å². The maximum atomic E-state index is 14.5. The lowest BCUT2D eigenvalue weighted by molar-refractivity contribution is 0.0601. The molecule has 0 atom stereocenters. The summed E-state index contributed by atoms with van der Waals surface area (Å²) < 4.78 is 46.3. The molecule has 0 aliphatic heterocycles. The van der Waals surface area contributed by atoms with Crippen LogP contribution in [0.3, 0.4) is 0 Å². The first-order valence-electron chi connectivity index (χ1n) is 8.19. The van der Waals surface area contributed by atoms with Crippen molar-refractivity contribution < 1.29 is 22.3 Å². The summed E-state index contributed by atoms with van der Waals surface area (Å²) in [5.41, 5.74) is 0.745. The van der Waals surface area contributed by atoms with Crippen molar-refractivity contribution in [2.75, 3.05) is 7.11 Å². The van der Waals surface area contributed by atoms with Gasteiger partial charge in [-0.05, 0) is 40.2 Å². The molecule has 0 bridgehead atoms. The van der Waals surface area contributed by atoms with Crippen LogP contribution in [-0.2, 0) is 14.8 Å². The fourth-order valence-electron chi connectivity index (χ4n) is 2.90. The number of hydrogen-bond donors (Lipinski definition) is 0. The molecule has 0 saturated heterocycles. The summed E-state index contributed by atoms with van der Waals surface area (Å²) in [5.74, 6) is -1.51. The van der Waals surface area contributed by atoms with Gasteiger partial charge in [0.25, 0.3) is 10.0 Å². The van der Waals surface area contributed by atoms with Crippen LogP contribution in [0.4, 0.5) is 4.39 Å². The zero-order valence-electron chi connectivity index (χ0n) is 14.8. The largest absolute Gasteiger partial charge is 0.465 e. The highest BCUT2D eigenvalue weighted by Crippen LogP contribution is 2.42. The van der Waals surface area contributed by atoms with E-state index < -0.39 is 21.8 Å². The Labute approximate surface area is 177 Å². The Balaban J connectivity index is 1.92. The first-order valence-corrected chi connectivity index (χ1v) is 11.2. The van der Waals surface area contributed by atoms with Crippen LogP contribution in [0.25, 0.3) is 21.5 Å². The summed E-state index contributed by atoms with van der Waals surface area (Å²) in [6.45, 7) is 0. The molecule has 0 amide bonds. The predicted octanol–water partition coefficient (Wildman–Crippen LogP) is 4.69. The van der Waals surface area contributed by atoms with Gasteiger partial charge in [-0.15, -0.1) is 11.3 Å². The van der Waals surface area contributed by atoms with Crippen molar-refractivity contribution in [3.8, 4) is 10.4 Å². The second-order valence-corrected chi connectivity index (χ2v) is 9.53. The Hall–Kier alpha value is -2.56. The van der Waals surface area contributed by atoms with Crippen LogP contribution in [0, 0.1) is 5.82 Å². The molecule has 10 heteroatoms. The number of nitrogens with zero attached hydrogens (tertiary/aromatic N) is 2. The molecule has 0 spiro atoms. The van der Waals surface area contributed by atoms with Crippen LogP contribution in [0.5, 0.6) is 0 Å². The molecule has 0 radical (unpaired) electrons. The second-order valence-electron chi connectivity index (χ2n) is 5.91. The number of thiophene rings is 1. The average Bonchev–Trinajstić information content (AvgIpc) is 3.30. The topological polar surface area (TPSA) is 78.3 Å². The zero-order chi connectivity index (χ0) is 20.8. The summed E-state index contributed by atoms with van der Waals surface area (Å²) in [5, 5.41) is 0.505. The number of carbonyl (C=O) groups is 1. The fraction of sp³-hybridized carbons (Fsp3) is 0.0526. The van der Waals surface area contributed by atoms with E-state index in [4.69, 9.17) is 0 Å². The number of pyridine rings is 1. The fourth-order valence-corrected chi connectivity index (χ4v) is 6.04. The highest BCUT2D eigenvalue weighted by molar-refractivity contribution is 9.10. The number of carbonyl (C=O) groups excluding carboxylic acids is 1. The number of fused-ring (bicyclic) bond motifs is 1. The van der Waals surface area contributed by atoms with Crippen molar-refractivity contribution in [3.63, 3.8) is 0 Å². The minimum absolute atomic E-state index is 0.106. The second kappa shape index (κ2) is 7.36. The number of methoxy groups -OCH3 is 1. The highest BCUT2D eigenvalue weighted by Gasteiger charge is 2.26. The number of hydrogen-bond acceptors (Lipinski definition) is 6. The Morgan fingerprint density at radius 1 is 1.21 bits per heavy atom. The van der Waals surface area contributed by atoms with Gasteiger partial charge in [-0.25, -0.2) is 26.6 Å². The van der Waals surface area contributed by atoms with Gasteiger partial charge in [0.05, 0.1) is 21.4 Å². The third-order valence-electron chi connectivity index (χ3n) is 4.27. The summed E-state index contributed by atoms with van der Waals surface area (Å²) in [6.07, 6.45) is 2.85. The number of esters is 1. The van der Waals surface area contributed by atoms with Gasteiger partial charge in [-0.1, -0.05) is 18.2 Å². The van der Waals surface area contributed by atoms with Gasteiger partial charge in [0, 0.05) is 23.3 Å². The van der Waals surface area contributed by atoms with Crippen molar-refractivity contribution in [2.24, 2.45) is 0 Å². The molecule has 0 aliphatic carbocycles. The minimum atomic E-state index is -3.85. The summed E-state index contributed by atoms with van der Waals surface area (Å²) in [7, 11) is -2.68. The molecule has 3 aromatic heterocycles. The number of ether oxygens (including phenoxy) is 1. The molecular formula is C19H12BrFN2O4S2. The van der Waals surface area contributed by atoms with E-state index in [-0.39, 0.29) is 19.9 Å². The van der Waals surface area contributed by atoms with E-state index in [0.29, 0.717) is 15.8 Å². The molecular weight excluding hydrogens is 483 g/mol. The molecule has 0 unspecified atom stereocenters. The van der Waals surface area contributed by atoms with Gasteiger partial charge >= 0.3 is 5.97 Å². The lowest BCUT2D eigenvalue weighted by Crippen LogP contribution is -2.12. The SMILES string of the molecule is COC(=O)c1sc(-c2ccnc3c2ccn3S(=O)(=O)c2ccccc2)c(Br)c1F. The van der Waals surface area contributed by atoms with Gasteiger partial charge in [0.15, 0.2) is 11.5 Å². The molecule has 6 nitrogen and oxygen atoms in total. The van der Waals surface area contributed by atoms with Crippen LogP contribution < -0.4 is 0 Å². The molecule has 0 N–H and O–H groups in total. The quantitative estimate of drug-likeness (QED) is 0.384. The predicted molar refractivity (Wildman–Crippen MR) is 111 cm³/mol. The van der Waals surface area contributed by atoms with E-state index in [1.165, 1.54) is 31.6 Å². The molecule has 4 rings (SSSR count). The Bertz CT molecular complexity index is 1350. The van der Waals surface area contributed by atoms with Gasteiger partial charge < -0.3 is 4.74 Å². The third kappa shape index (κ3) is 3.17. The van der Waals surface area contributed by atoms with Crippen LogP contribution in [0.1, 0.15) is 9.67 Å². The maximum absolute atomic E-state index is 14.5. The van der Waals surface area contributed by atoms with Crippen LogP contribution >= 0.6 is 27.3 Å². The highest BCUT2D eigenvalue weighted by atomic mass is 79.9. The zero-order valence-corrected chi connectivity index (χ0v) is 18.0. The molecule has 0 fully saturated rings. The Morgan fingerprint density at radius 2 is 1.93 bits per heavy atom. The summed E-state index contributed by atoms with van der Waals surface area (Å²) in [4.78, 5) is 16.4. The minimum Gasteiger partial charge on any atom is -0.465 e. The van der Waals surface area contributed by atoms with Crippen LogP contribution in [0.2, 0.25) is 0 Å². The lowest BCUT2D eigenvalue weighted by atomic mass is 10.1. The smallest absolute Gasteiger partial charge is 0.351 e. The van der Waals surface area contributed by atoms with Gasteiger partial charge in [0.1, 0.15) is 4.88 Å². The van der Waals surface area contributed by atoms with Gasteiger partial charge in [0.2, 0.25) is 0 Å². The van der Waals surface area contributed by atoms with Crippen molar-refractivity contribution >= 4 is 54.3 Å². The van der Waals surface area contributed by atoms with Crippen molar-refractivity contribution in [1.82, 2.24) is 8.96 Å². The third-order valence-corrected chi connectivity index (χ3v) is 8.13.